The van der Waals surface area contributed by atoms with Crippen LogP contribution in [0.3, 0.4) is 0 Å². The first kappa shape index (κ1) is 12.2. The van der Waals surface area contributed by atoms with Crippen LogP contribution in [0.15, 0.2) is 36.5 Å². The van der Waals surface area contributed by atoms with Crippen molar-refractivity contribution in [3.05, 3.63) is 59.2 Å². The first-order valence-corrected chi connectivity index (χ1v) is 5.78. The SMILES string of the molecule is Cc1ccc(C(=O)NCc2cccc(C)n2)cn1. The Kier molecular flexibility index (Phi) is 3.67. The molecule has 0 atom stereocenters. The van der Waals surface area contributed by atoms with E-state index in [-0.39, 0.29) is 5.91 Å². The number of carbonyl (C=O) groups excluding carboxylic acids is 1. The maximum Gasteiger partial charge on any atom is 0.253 e. The number of pyridine rings is 2. The van der Waals surface area contributed by atoms with Crippen molar-refractivity contribution in [1.82, 2.24) is 15.3 Å². The van der Waals surface area contributed by atoms with E-state index in [1.54, 1.807) is 12.3 Å². The normalized spacial score (nSPS) is 10.1. The molecule has 1 N–H and O–H groups in total. The summed E-state index contributed by atoms with van der Waals surface area (Å²) in [5.41, 5.74) is 3.25. The summed E-state index contributed by atoms with van der Waals surface area (Å²) in [5, 5.41) is 2.82. The maximum absolute atomic E-state index is 11.8. The van der Waals surface area contributed by atoms with Crippen LogP contribution in [0.5, 0.6) is 0 Å². The van der Waals surface area contributed by atoms with Crippen LogP contribution >= 0.6 is 0 Å². The van der Waals surface area contributed by atoms with Gasteiger partial charge in [0.1, 0.15) is 0 Å². The second-order valence-corrected chi connectivity index (χ2v) is 4.14. The van der Waals surface area contributed by atoms with Crippen molar-refractivity contribution in [3.8, 4) is 0 Å². The molecule has 1 amide bonds. The number of nitrogens with zero attached hydrogens (tertiary/aromatic N) is 2. The predicted octanol–water partition coefficient (Wildman–Crippen LogP) is 2.02. The first-order valence-electron chi connectivity index (χ1n) is 5.78. The third-order valence-electron chi connectivity index (χ3n) is 2.55. The average Bonchev–Trinajstić information content (AvgIpc) is 2.37. The summed E-state index contributed by atoms with van der Waals surface area (Å²) in [4.78, 5) is 20.3. The van der Waals surface area contributed by atoms with E-state index in [0.717, 1.165) is 17.1 Å². The third-order valence-corrected chi connectivity index (χ3v) is 2.55. The molecule has 0 bridgehead atoms. The van der Waals surface area contributed by atoms with E-state index in [0.29, 0.717) is 12.1 Å². The first-order chi connectivity index (χ1) is 8.65. The number of amides is 1. The molecule has 92 valence electrons. The number of hydrogen-bond donors (Lipinski definition) is 1. The Morgan fingerprint density at radius 1 is 1.17 bits per heavy atom. The van der Waals surface area contributed by atoms with Crippen molar-refractivity contribution in [2.75, 3.05) is 0 Å². The molecule has 0 radical (unpaired) electrons. The van der Waals surface area contributed by atoms with E-state index < -0.39 is 0 Å². The van der Waals surface area contributed by atoms with E-state index in [2.05, 4.69) is 15.3 Å². The Balaban J connectivity index is 1.98. The van der Waals surface area contributed by atoms with Crippen LogP contribution in [0, 0.1) is 13.8 Å². The number of carbonyl (C=O) groups is 1. The lowest BCUT2D eigenvalue weighted by Crippen LogP contribution is -2.23. The molecule has 2 aromatic heterocycles. The van der Waals surface area contributed by atoms with Gasteiger partial charge in [0.25, 0.3) is 5.91 Å². The molecular formula is C14H15N3O. The van der Waals surface area contributed by atoms with E-state index in [1.807, 2.05) is 38.1 Å². The molecule has 0 aromatic carbocycles. The van der Waals surface area contributed by atoms with Crippen molar-refractivity contribution in [2.24, 2.45) is 0 Å². The summed E-state index contributed by atoms with van der Waals surface area (Å²) in [7, 11) is 0. The quantitative estimate of drug-likeness (QED) is 0.894. The smallest absolute Gasteiger partial charge is 0.253 e. The van der Waals surface area contributed by atoms with Gasteiger partial charge >= 0.3 is 0 Å². The van der Waals surface area contributed by atoms with Gasteiger partial charge in [-0.3, -0.25) is 14.8 Å². The van der Waals surface area contributed by atoms with Crippen molar-refractivity contribution in [2.45, 2.75) is 20.4 Å². The molecule has 4 nitrogen and oxygen atoms in total. The minimum atomic E-state index is -0.134. The Bertz CT molecular complexity index is 549. The second-order valence-electron chi connectivity index (χ2n) is 4.14. The zero-order valence-corrected chi connectivity index (χ0v) is 10.5. The monoisotopic (exact) mass is 241 g/mol. The highest BCUT2D eigenvalue weighted by Crippen LogP contribution is 2.01. The minimum Gasteiger partial charge on any atom is -0.346 e. The molecule has 0 aliphatic carbocycles. The van der Waals surface area contributed by atoms with Gasteiger partial charge in [-0.2, -0.15) is 0 Å². The van der Waals surface area contributed by atoms with Gasteiger partial charge in [-0.1, -0.05) is 6.07 Å². The predicted molar refractivity (Wildman–Crippen MR) is 69.1 cm³/mol. The van der Waals surface area contributed by atoms with Crippen LogP contribution in [0.2, 0.25) is 0 Å². The highest BCUT2D eigenvalue weighted by atomic mass is 16.1. The van der Waals surface area contributed by atoms with Gasteiger partial charge in [0.05, 0.1) is 17.8 Å². The van der Waals surface area contributed by atoms with Gasteiger partial charge in [-0.15, -0.1) is 0 Å². The van der Waals surface area contributed by atoms with Gasteiger partial charge in [0, 0.05) is 17.6 Å². The van der Waals surface area contributed by atoms with Gasteiger partial charge in [0.2, 0.25) is 0 Å². The Morgan fingerprint density at radius 3 is 2.67 bits per heavy atom. The van der Waals surface area contributed by atoms with Crippen molar-refractivity contribution in [3.63, 3.8) is 0 Å². The Hall–Kier alpha value is -2.23. The van der Waals surface area contributed by atoms with Crippen LogP contribution in [-0.4, -0.2) is 15.9 Å². The topological polar surface area (TPSA) is 54.9 Å². The average molecular weight is 241 g/mol. The molecule has 2 rings (SSSR count). The number of rotatable bonds is 3. The lowest BCUT2D eigenvalue weighted by molar-refractivity contribution is 0.0950. The lowest BCUT2D eigenvalue weighted by atomic mass is 10.2. The molecule has 4 heteroatoms. The molecular weight excluding hydrogens is 226 g/mol. The molecule has 2 aromatic rings. The molecule has 0 aliphatic heterocycles. The summed E-state index contributed by atoms with van der Waals surface area (Å²) >= 11 is 0. The molecule has 0 saturated carbocycles. The van der Waals surface area contributed by atoms with Gasteiger partial charge in [-0.25, -0.2) is 0 Å². The second kappa shape index (κ2) is 5.40. The fourth-order valence-corrected chi connectivity index (χ4v) is 1.57. The van der Waals surface area contributed by atoms with Crippen LogP contribution in [0.4, 0.5) is 0 Å². The van der Waals surface area contributed by atoms with Crippen LogP contribution in [0.1, 0.15) is 27.4 Å². The number of aryl methyl sites for hydroxylation is 2. The van der Waals surface area contributed by atoms with Crippen molar-refractivity contribution in [1.29, 1.82) is 0 Å². The molecule has 0 unspecified atom stereocenters. The molecule has 0 saturated heterocycles. The fraction of sp³-hybridized carbons (Fsp3) is 0.214. The van der Waals surface area contributed by atoms with E-state index in [4.69, 9.17) is 0 Å². The lowest BCUT2D eigenvalue weighted by Gasteiger charge is -2.05. The molecule has 0 spiro atoms. The van der Waals surface area contributed by atoms with Crippen molar-refractivity contribution >= 4 is 5.91 Å². The summed E-state index contributed by atoms with van der Waals surface area (Å²) in [6.07, 6.45) is 1.58. The third kappa shape index (κ3) is 3.13. The van der Waals surface area contributed by atoms with Gasteiger partial charge in [0.15, 0.2) is 0 Å². The molecule has 18 heavy (non-hydrogen) atoms. The summed E-state index contributed by atoms with van der Waals surface area (Å²) < 4.78 is 0. The Morgan fingerprint density at radius 2 is 2.00 bits per heavy atom. The van der Waals surface area contributed by atoms with Gasteiger partial charge < -0.3 is 5.32 Å². The van der Waals surface area contributed by atoms with Gasteiger partial charge in [-0.05, 0) is 38.1 Å². The largest absolute Gasteiger partial charge is 0.346 e. The summed E-state index contributed by atoms with van der Waals surface area (Å²) in [6.45, 7) is 4.24. The molecule has 0 aliphatic rings. The summed E-state index contributed by atoms with van der Waals surface area (Å²) in [5.74, 6) is -0.134. The van der Waals surface area contributed by atoms with E-state index in [1.165, 1.54) is 0 Å². The number of hydrogen-bond acceptors (Lipinski definition) is 3. The standard InChI is InChI=1S/C14H15N3O/c1-10-6-7-12(8-15-10)14(18)16-9-13-5-3-4-11(2)17-13/h3-8H,9H2,1-2H3,(H,16,18). The fourth-order valence-electron chi connectivity index (χ4n) is 1.57. The molecule has 0 fully saturated rings. The molecule has 2 heterocycles. The number of nitrogens with one attached hydrogen (secondary N) is 1. The van der Waals surface area contributed by atoms with E-state index in [9.17, 15) is 4.79 Å². The minimum absolute atomic E-state index is 0.134. The zero-order valence-electron chi connectivity index (χ0n) is 10.5. The van der Waals surface area contributed by atoms with E-state index >= 15 is 0 Å². The van der Waals surface area contributed by atoms with Crippen LogP contribution in [-0.2, 0) is 6.54 Å². The maximum atomic E-state index is 11.8. The van der Waals surface area contributed by atoms with Crippen LogP contribution < -0.4 is 5.32 Å². The zero-order chi connectivity index (χ0) is 13.0. The number of aromatic nitrogens is 2. The summed E-state index contributed by atoms with van der Waals surface area (Å²) in [6, 6.07) is 9.33. The Labute approximate surface area is 106 Å². The highest BCUT2D eigenvalue weighted by molar-refractivity contribution is 5.93. The van der Waals surface area contributed by atoms with Crippen LogP contribution in [0.25, 0.3) is 0 Å². The highest BCUT2D eigenvalue weighted by Gasteiger charge is 2.05. The van der Waals surface area contributed by atoms with Crippen molar-refractivity contribution < 1.29 is 4.79 Å².